The Morgan fingerprint density at radius 2 is 2.10 bits per heavy atom. The predicted octanol–water partition coefficient (Wildman–Crippen LogP) is 4.22. The number of nitrogens with one attached hydrogen (secondary N) is 3. The molecule has 1 aromatic heterocycles. The summed E-state index contributed by atoms with van der Waals surface area (Å²) in [7, 11) is 0. The van der Waals surface area contributed by atoms with E-state index in [-0.39, 0.29) is 5.84 Å². The number of benzene rings is 2. The summed E-state index contributed by atoms with van der Waals surface area (Å²) in [4.78, 5) is 0.744. The molecule has 0 atom stereocenters. The number of aryl methyl sites for hydroxylation is 1. The second-order valence-corrected chi connectivity index (χ2v) is 8.18. The highest BCUT2D eigenvalue weighted by atomic mass is 32.2. The monoisotopic (exact) mass is 417 g/mol. The highest BCUT2D eigenvalue weighted by Gasteiger charge is 2.14. The lowest BCUT2D eigenvalue weighted by Gasteiger charge is -2.12. The van der Waals surface area contributed by atoms with Crippen LogP contribution in [0.2, 0.25) is 0 Å². The van der Waals surface area contributed by atoms with Gasteiger partial charge in [-0.25, -0.2) is 4.68 Å². The van der Waals surface area contributed by atoms with Crippen LogP contribution in [0.1, 0.15) is 36.8 Å². The van der Waals surface area contributed by atoms with Crippen molar-refractivity contribution in [3.8, 4) is 11.8 Å². The van der Waals surface area contributed by atoms with E-state index in [1.807, 2.05) is 49.5 Å². The van der Waals surface area contributed by atoms with Crippen LogP contribution >= 0.6 is 11.9 Å². The predicted molar refractivity (Wildman–Crippen MR) is 120 cm³/mol. The van der Waals surface area contributed by atoms with Crippen molar-refractivity contribution < 1.29 is 0 Å². The Kier molecular flexibility index (Phi) is 6.00. The second kappa shape index (κ2) is 9.01. The third-order valence-electron chi connectivity index (χ3n) is 5.20. The maximum atomic E-state index is 9.62. The molecule has 0 saturated heterocycles. The summed E-state index contributed by atoms with van der Waals surface area (Å²) in [5, 5.41) is 29.6. The molecule has 3 aromatic rings. The van der Waals surface area contributed by atoms with Gasteiger partial charge in [-0.05, 0) is 67.6 Å². The molecule has 1 saturated carbocycles. The molecule has 0 aliphatic heterocycles. The van der Waals surface area contributed by atoms with Crippen molar-refractivity contribution >= 4 is 28.8 Å². The summed E-state index contributed by atoms with van der Waals surface area (Å²) in [6, 6.07) is 14.4. The fourth-order valence-electron chi connectivity index (χ4n) is 3.65. The molecule has 1 fully saturated rings. The van der Waals surface area contributed by atoms with Crippen LogP contribution in [0.25, 0.3) is 16.7 Å². The van der Waals surface area contributed by atoms with E-state index in [2.05, 4.69) is 26.4 Å². The average molecular weight is 418 g/mol. The number of hydrogen-bond acceptors (Lipinski definition) is 6. The number of para-hydroxylation sites is 1. The first-order valence-corrected chi connectivity index (χ1v) is 10.8. The maximum absolute atomic E-state index is 9.62. The van der Waals surface area contributed by atoms with E-state index in [9.17, 15) is 5.26 Å². The SMILES string of the molecule is Cc1cc(-n2nnc3ccccc32)cc(SNC(=N)/C=C\NC2CCCC2)c1C#N. The zero-order valence-corrected chi connectivity index (χ0v) is 17.5. The van der Waals surface area contributed by atoms with Crippen molar-refractivity contribution in [2.45, 2.75) is 43.5 Å². The minimum absolute atomic E-state index is 0.267. The van der Waals surface area contributed by atoms with Gasteiger partial charge in [-0.1, -0.05) is 30.2 Å². The second-order valence-electron chi connectivity index (χ2n) is 7.34. The van der Waals surface area contributed by atoms with Gasteiger partial charge in [-0.2, -0.15) is 5.26 Å². The average Bonchev–Trinajstić information content (AvgIpc) is 3.41. The zero-order valence-electron chi connectivity index (χ0n) is 16.7. The third-order valence-corrected chi connectivity index (χ3v) is 6.06. The number of rotatable bonds is 6. The van der Waals surface area contributed by atoms with Gasteiger partial charge in [0.2, 0.25) is 0 Å². The van der Waals surface area contributed by atoms with Gasteiger partial charge in [-0.3, -0.25) is 5.41 Å². The first kappa shape index (κ1) is 20.0. The molecule has 0 radical (unpaired) electrons. The Morgan fingerprint density at radius 1 is 1.30 bits per heavy atom. The molecule has 152 valence electrons. The first-order valence-electron chi connectivity index (χ1n) is 9.95. The molecule has 30 heavy (non-hydrogen) atoms. The lowest BCUT2D eigenvalue weighted by molar-refractivity contribution is 0.608. The highest BCUT2D eigenvalue weighted by Crippen LogP contribution is 2.27. The molecule has 0 unspecified atom stereocenters. The molecule has 4 rings (SSSR count). The largest absolute Gasteiger partial charge is 0.388 e. The molecule has 1 aliphatic carbocycles. The molecule has 0 amide bonds. The Bertz CT molecular complexity index is 1140. The zero-order chi connectivity index (χ0) is 20.9. The van der Waals surface area contributed by atoms with Crippen LogP contribution in [0.4, 0.5) is 0 Å². The third kappa shape index (κ3) is 4.31. The van der Waals surface area contributed by atoms with Gasteiger partial charge in [-0.15, -0.1) is 5.10 Å². The fraction of sp³-hybridized carbons (Fsp3) is 0.273. The fourth-order valence-corrected chi connectivity index (χ4v) is 4.42. The minimum Gasteiger partial charge on any atom is -0.388 e. The molecule has 3 N–H and O–H groups in total. The van der Waals surface area contributed by atoms with Gasteiger partial charge in [0.15, 0.2) is 0 Å². The van der Waals surface area contributed by atoms with E-state index in [1.54, 1.807) is 10.8 Å². The Morgan fingerprint density at radius 3 is 2.90 bits per heavy atom. The molecule has 0 bridgehead atoms. The number of amidine groups is 1. The summed E-state index contributed by atoms with van der Waals surface area (Å²) in [5.41, 5.74) is 3.98. The number of aromatic nitrogens is 3. The molecule has 7 nitrogen and oxygen atoms in total. The summed E-state index contributed by atoms with van der Waals surface area (Å²) < 4.78 is 4.78. The standard InChI is InChI=1S/C22H23N7S/c1-15-12-17(29-20-9-5-4-8-19(20)26-28-29)13-21(18(15)14-23)30-27-22(24)10-11-25-16-6-2-3-7-16/h4-5,8-13,16,25H,2-3,6-7H2,1H3,(H2,24,27)/b11-10-. The summed E-state index contributed by atoms with van der Waals surface area (Å²) in [5.74, 6) is 0.267. The molecule has 2 aromatic carbocycles. The van der Waals surface area contributed by atoms with Gasteiger partial charge >= 0.3 is 0 Å². The van der Waals surface area contributed by atoms with Crippen molar-refractivity contribution in [3.05, 3.63) is 59.8 Å². The number of nitrogens with zero attached hydrogens (tertiary/aromatic N) is 4. The van der Waals surface area contributed by atoms with Gasteiger partial charge in [0.1, 0.15) is 17.4 Å². The summed E-state index contributed by atoms with van der Waals surface area (Å²) in [6.45, 7) is 1.90. The molecular formula is C22H23N7S. The molecule has 1 heterocycles. The Hall–Kier alpha value is -3.31. The Labute approximate surface area is 179 Å². The van der Waals surface area contributed by atoms with Crippen LogP contribution in [-0.2, 0) is 0 Å². The van der Waals surface area contributed by atoms with Crippen molar-refractivity contribution in [1.82, 2.24) is 25.0 Å². The van der Waals surface area contributed by atoms with Gasteiger partial charge < -0.3 is 10.0 Å². The van der Waals surface area contributed by atoms with Crippen molar-refractivity contribution in [2.75, 3.05) is 0 Å². The molecule has 1 aliphatic rings. The van der Waals surface area contributed by atoms with Gasteiger partial charge in [0, 0.05) is 17.1 Å². The lowest BCUT2D eigenvalue weighted by Crippen LogP contribution is -2.21. The van der Waals surface area contributed by atoms with E-state index in [0.717, 1.165) is 27.2 Å². The van der Waals surface area contributed by atoms with Gasteiger partial charge in [0.05, 0.1) is 16.8 Å². The topological polar surface area (TPSA) is 102 Å². The molecule has 0 spiro atoms. The van der Waals surface area contributed by atoms with Crippen LogP contribution in [0.15, 0.2) is 53.6 Å². The van der Waals surface area contributed by atoms with E-state index >= 15 is 0 Å². The van der Waals surface area contributed by atoms with Crippen molar-refractivity contribution in [3.63, 3.8) is 0 Å². The Balaban J connectivity index is 1.51. The number of nitriles is 1. The summed E-state index contributed by atoms with van der Waals surface area (Å²) in [6.07, 6.45) is 8.46. The van der Waals surface area contributed by atoms with E-state index in [1.165, 1.54) is 37.6 Å². The number of hydrogen-bond donors (Lipinski definition) is 3. The van der Waals surface area contributed by atoms with Gasteiger partial charge in [0.25, 0.3) is 0 Å². The van der Waals surface area contributed by atoms with Crippen molar-refractivity contribution in [2.24, 2.45) is 0 Å². The molecule has 8 heteroatoms. The first-order chi connectivity index (χ1) is 14.7. The normalized spacial score (nSPS) is 14.3. The van der Waals surface area contributed by atoms with E-state index in [4.69, 9.17) is 5.41 Å². The van der Waals surface area contributed by atoms with Crippen LogP contribution in [0, 0.1) is 23.7 Å². The highest BCUT2D eigenvalue weighted by molar-refractivity contribution is 7.98. The summed E-state index contributed by atoms with van der Waals surface area (Å²) >= 11 is 1.26. The smallest absolute Gasteiger partial charge is 0.129 e. The number of fused-ring (bicyclic) bond motifs is 1. The lowest BCUT2D eigenvalue weighted by atomic mass is 10.1. The quantitative estimate of drug-likeness (QED) is 0.315. The van der Waals surface area contributed by atoms with E-state index < -0.39 is 0 Å². The van der Waals surface area contributed by atoms with Crippen LogP contribution < -0.4 is 10.0 Å². The molecular weight excluding hydrogens is 394 g/mol. The van der Waals surface area contributed by atoms with E-state index in [0.29, 0.717) is 11.6 Å². The maximum Gasteiger partial charge on any atom is 0.129 e. The van der Waals surface area contributed by atoms with Crippen LogP contribution in [0.3, 0.4) is 0 Å². The van der Waals surface area contributed by atoms with Crippen LogP contribution in [-0.4, -0.2) is 26.9 Å². The van der Waals surface area contributed by atoms with Crippen molar-refractivity contribution in [1.29, 1.82) is 10.7 Å². The van der Waals surface area contributed by atoms with Crippen LogP contribution in [0.5, 0.6) is 0 Å². The minimum atomic E-state index is 0.267.